The first-order chi connectivity index (χ1) is 12.7. The highest BCUT2D eigenvalue weighted by Gasteiger charge is 2.33. The Hall–Kier alpha value is -2.17. The van der Waals surface area contributed by atoms with Crippen molar-refractivity contribution in [3.63, 3.8) is 0 Å². The number of sulfone groups is 1. The van der Waals surface area contributed by atoms with E-state index < -0.39 is 19.9 Å². The average Bonchev–Trinajstić information content (AvgIpc) is 3.28. The number of carbonyl (C=O) groups is 1. The maximum absolute atomic E-state index is 12.5. The van der Waals surface area contributed by atoms with Crippen LogP contribution >= 0.6 is 0 Å². The predicted molar refractivity (Wildman–Crippen MR) is 98.3 cm³/mol. The number of hydrogen-bond acceptors (Lipinski definition) is 6. The molecule has 8 nitrogen and oxygen atoms in total. The quantitative estimate of drug-likeness (QED) is 0.758. The molecule has 1 aliphatic rings. The second-order valence-corrected chi connectivity index (χ2v) is 10.4. The minimum absolute atomic E-state index is 0.0227. The molecule has 1 saturated heterocycles. The number of hydrogen-bond donors (Lipinski definition) is 1. The first kappa shape index (κ1) is 19.6. The van der Waals surface area contributed by atoms with Gasteiger partial charge < -0.3 is 9.32 Å². The molecule has 3 rings (SSSR count). The molecule has 1 fully saturated rings. The lowest BCUT2D eigenvalue weighted by Crippen LogP contribution is -2.37. The Morgan fingerprint density at radius 3 is 2.52 bits per heavy atom. The van der Waals surface area contributed by atoms with Crippen molar-refractivity contribution in [1.82, 2.24) is 9.62 Å². The van der Waals surface area contributed by atoms with Crippen molar-refractivity contribution in [1.29, 1.82) is 0 Å². The number of amides is 1. The molecule has 0 aliphatic carbocycles. The summed E-state index contributed by atoms with van der Waals surface area (Å²) in [6.07, 6.45) is 1.86. The SMILES string of the molecule is CN(C(=O)c1ccc(S(=O)(=O)NCc2ccco2)cc1)[C@@H]1CCS(=O)(=O)C1. The van der Waals surface area contributed by atoms with Gasteiger partial charge in [-0.05, 0) is 42.8 Å². The molecule has 0 radical (unpaired) electrons. The van der Waals surface area contributed by atoms with E-state index >= 15 is 0 Å². The van der Waals surface area contributed by atoms with E-state index in [0.29, 0.717) is 17.7 Å². The summed E-state index contributed by atoms with van der Waals surface area (Å²) in [5.41, 5.74) is 0.298. The van der Waals surface area contributed by atoms with Gasteiger partial charge in [-0.2, -0.15) is 0 Å². The summed E-state index contributed by atoms with van der Waals surface area (Å²) in [5.74, 6) is 0.176. The largest absolute Gasteiger partial charge is 0.468 e. The van der Waals surface area contributed by atoms with Crippen LogP contribution < -0.4 is 4.72 Å². The Morgan fingerprint density at radius 1 is 1.26 bits per heavy atom. The second-order valence-electron chi connectivity index (χ2n) is 6.40. The normalized spacial score (nSPS) is 19.1. The third-order valence-corrected chi connectivity index (χ3v) is 7.67. The lowest BCUT2D eigenvalue weighted by molar-refractivity contribution is 0.0747. The first-order valence-corrected chi connectivity index (χ1v) is 11.6. The highest BCUT2D eigenvalue weighted by molar-refractivity contribution is 7.91. The Morgan fingerprint density at radius 2 is 1.96 bits per heavy atom. The van der Waals surface area contributed by atoms with Crippen LogP contribution in [0.3, 0.4) is 0 Å². The summed E-state index contributed by atoms with van der Waals surface area (Å²) in [6, 6.07) is 8.49. The minimum atomic E-state index is -3.74. The summed E-state index contributed by atoms with van der Waals surface area (Å²) in [6.45, 7) is 0.0227. The number of rotatable bonds is 6. The molecule has 1 aliphatic heterocycles. The molecule has 10 heteroatoms. The van der Waals surface area contributed by atoms with Crippen molar-refractivity contribution >= 4 is 25.8 Å². The van der Waals surface area contributed by atoms with Gasteiger partial charge in [0.1, 0.15) is 5.76 Å². The summed E-state index contributed by atoms with van der Waals surface area (Å²) >= 11 is 0. The Balaban J connectivity index is 1.68. The highest BCUT2D eigenvalue weighted by atomic mass is 32.2. The first-order valence-electron chi connectivity index (χ1n) is 8.28. The van der Waals surface area contributed by atoms with Gasteiger partial charge in [-0.15, -0.1) is 0 Å². The fraction of sp³-hybridized carbons (Fsp3) is 0.353. The number of furan rings is 1. The Labute approximate surface area is 158 Å². The Kier molecular flexibility index (Phi) is 5.41. The smallest absolute Gasteiger partial charge is 0.253 e. The van der Waals surface area contributed by atoms with E-state index in [1.165, 1.54) is 35.4 Å². The third-order valence-electron chi connectivity index (χ3n) is 4.50. The molecular formula is C17H20N2O6S2. The van der Waals surface area contributed by atoms with Crippen molar-refractivity contribution in [2.45, 2.75) is 23.9 Å². The standard InChI is InChI=1S/C17H20N2O6S2/c1-19(14-8-10-26(21,22)12-14)17(20)13-4-6-16(7-5-13)27(23,24)18-11-15-3-2-9-25-15/h2-7,9,14,18H,8,10-12H2,1H3/t14-/m1/s1. The van der Waals surface area contributed by atoms with Crippen LogP contribution in [0.25, 0.3) is 0 Å². The zero-order valence-electron chi connectivity index (χ0n) is 14.7. The lowest BCUT2D eigenvalue weighted by atomic mass is 10.1. The van der Waals surface area contributed by atoms with E-state index in [4.69, 9.17) is 4.42 Å². The van der Waals surface area contributed by atoms with Crippen LogP contribution in [-0.4, -0.2) is 52.2 Å². The molecule has 0 spiro atoms. The third kappa shape index (κ3) is 4.57. The second kappa shape index (κ2) is 7.45. The summed E-state index contributed by atoms with van der Waals surface area (Å²) in [7, 11) is -5.28. The van der Waals surface area contributed by atoms with Crippen LogP contribution in [0.5, 0.6) is 0 Å². The van der Waals surface area contributed by atoms with Gasteiger partial charge in [0.2, 0.25) is 10.0 Å². The maximum atomic E-state index is 12.5. The van der Waals surface area contributed by atoms with E-state index in [2.05, 4.69) is 4.72 Å². The van der Waals surface area contributed by atoms with Crippen molar-refractivity contribution < 1.29 is 26.0 Å². The number of sulfonamides is 1. The number of nitrogens with zero attached hydrogens (tertiary/aromatic N) is 1. The van der Waals surface area contributed by atoms with Crippen molar-refractivity contribution in [2.75, 3.05) is 18.6 Å². The van der Waals surface area contributed by atoms with Crippen LogP contribution in [0.1, 0.15) is 22.5 Å². The van der Waals surface area contributed by atoms with Crippen LogP contribution in [0.2, 0.25) is 0 Å². The van der Waals surface area contributed by atoms with Crippen molar-refractivity contribution in [3.05, 3.63) is 54.0 Å². The molecule has 1 N–H and O–H groups in total. The number of nitrogens with one attached hydrogen (secondary N) is 1. The van der Waals surface area contributed by atoms with Gasteiger partial charge in [0.05, 0.1) is 29.2 Å². The van der Waals surface area contributed by atoms with E-state index in [0.717, 1.165) is 0 Å². The predicted octanol–water partition coefficient (Wildman–Crippen LogP) is 1.02. The average molecular weight is 412 g/mol. The summed E-state index contributed by atoms with van der Waals surface area (Å²) in [5, 5.41) is 0. The van der Waals surface area contributed by atoms with Gasteiger partial charge in [-0.1, -0.05) is 0 Å². The van der Waals surface area contributed by atoms with Gasteiger partial charge in [0, 0.05) is 18.7 Å². The van der Waals surface area contributed by atoms with Gasteiger partial charge in [0.25, 0.3) is 5.91 Å². The molecular weight excluding hydrogens is 392 g/mol. The van der Waals surface area contributed by atoms with Gasteiger partial charge in [-0.3, -0.25) is 4.79 Å². The number of benzene rings is 1. The zero-order valence-corrected chi connectivity index (χ0v) is 16.3. The summed E-state index contributed by atoms with van der Waals surface area (Å²) in [4.78, 5) is 14.0. The molecule has 1 amide bonds. The molecule has 2 aromatic rings. The van der Waals surface area contributed by atoms with Gasteiger partial charge in [0.15, 0.2) is 9.84 Å². The molecule has 0 unspecified atom stereocenters. The maximum Gasteiger partial charge on any atom is 0.253 e. The van der Waals surface area contributed by atoms with Crippen molar-refractivity contribution in [3.8, 4) is 0 Å². The number of carbonyl (C=O) groups excluding carboxylic acids is 1. The molecule has 1 aromatic heterocycles. The monoisotopic (exact) mass is 412 g/mol. The van der Waals surface area contributed by atoms with Crippen LogP contribution in [0.15, 0.2) is 52.0 Å². The Bertz CT molecular complexity index is 1010. The molecule has 1 aromatic carbocycles. The van der Waals surface area contributed by atoms with Crippen LogP contribution in [0.4, 0.5) is 0 Å². The molecule has 1 atom stereocenters. The fourth-order valence-electron chi connectivity index (χ4n) is 2.89. The van der Waals surface area contributed by atoms with Gasteiger partial charge >= 0.3 is 0 Å². The molecule has 146 valence electrons. The summed E-state index contributed by atoms with van der Waals surface area (Å²) < 4.78 is 55.3. The van der Waals surface area contributed by atoms with Crippen LogP contribution in [0, 0.1) is 0 Å². The molecule has 0 saturated carbocycles. The van der Waals surface area contributed by atoms with E-state index in [1.807, 2.05) is 0 Å². The van der Waals surface area contributed by atoms with E-state index in [9.17, 15) is 21.6 Å². The van der Waals surface area contributed by atoms with Crippen molar-refractivity contribution in [2.24, 2.45) is 0 Å². The van der Waals surface area contributed by atoms with Crippen LogP contribution in [-0.2, 0) is 26.4 Å². The highest BCUT2D eigenvalue weighted by Crippen LogP contribution is 2.19. The molecule has 2 heterocycles. The lowest BCUT2D eigenvalue weighted by Gasteiger charge is -2.23. The molecule has 27 heavy (non-hydrogen) atoms. The van der Waals surface area contributed by atoms with E-state index in [-0.39, 0.29) is 34.9 Å². The molecule has 0 bridgehead atoms. The fourth-order valence-corrected chi connectivity index (χ4v) is 5.66. The van der Waals surface area contributed by atoms with E-state index in [1.54, 1.807) is 19.2 Å². The zero-order chi connectivity index (χ0) is 19.7. The minimum Gasteiger partial charge on any atom is -0.468 e. The topological polar surface area (TPSA) is 114 Å². The van der Waals surface area contributed by atoms with Gasteiger partial charge in [-0.25, -0.2) is 21.6 Å².